The van der Waals surface area contributed by atoms with Crippen LogP contribution in [-0.2, 0) is 22.6 Å². The number of aliphatic hydroxyl groups excluding tert-OH is 2. The largest absolute Gasteiger partial charge is 0.510 e. The maximum Gasteiger partial charge on any atom is 0.252 e. The van der Waals surface area contributed by atoms with Crippen LogP contribution in [0.15, 0.2) is 35.1 Å². The maximum atomic E-state index is 15.9. The molecule has 0 aliphatic heterocycles. The first-order valence-electron chi connectivity index (χ1n) is 13.2. The SMILES string of the molecule is C=C1C(C(N)=O)=C(O)[C@@H](N(C)C)C2C[C@@H]3Cc4c(F)c(CNC(C)(C)C5CC5)cc(O)c4C(O)=C3C(=O)[C@]12O. The summed E-state index contributed by atoms with van der Waals surface area (Å²) in [5.41, 5.74) is 2.14. The number of aliphatic hydroxyl groups is 3. The van der Waals surface area contributed by atoms with Crippen LogP contribution in [0.25, 0.3) is 5.76 Å². The summed E-state index contributed by atoms with van der Waals surface area (Å²) in [6.07, 6.45) is 2.27. The van der Waals surface area contributed by atoms with Crippen LogP contribution in [-0.4, -0.2) is 68.3 Å². The molecule has 0 aromatic heterocycles. The van der Waals surface area contributed by atoms with Gasteiger partial charge in [0.2, 0.25) is 0 Å². The lowest BCUT2D eigenvalue weighted by molar-refractivity contribution is -0.143. The van der Waals surface area contributed by atoms with E-state index in [1.54, 1.807) is 19.0 Å². The highest BCUT2D eigenvalue weighted by atomic mass is 19.1. The van der Waals surface area contributed by atoms with Crippen LogP contribution in [0.1, 0.15) is 49.8 Å². The molecule has 210 valence electrons. The van der Waals surface area contributed by atoms with E-state index in [-0.39, 0.29) is 58.5 Å². The van der Waals surface area contributed by atoms with Crippen LogP contribution in [0.3, 0.4) is 0 Å². The molecule has 1 unspecified atom stereocenters. The number of nitrogens with zero attached hydrogens (tertiary/aromatic N) is 1. The molecular weight excluding hydrogens is 505 g/mol. The Balaban J connectivity index is 1.59. The minimum Gasteiger partial charge on any atom is -0.510 e. The van der Waals surface area contributed by atoms with Gasteiger partial charge in [0, 0.05) is 40.3 Å². The molecule has 2 fully saturated rings. The summed E-state index contributed by atoms with van der Waals surface area (Å²) in [5.74, 6) is -5.09. The van der Waals surface area contributed by atoms with Gasteiger partial charge in [0.25, 0.3) is 5.91 Å². The third kappa shape index (κ3) is 3.91. The summed E-state index contributed by atoms with van der Waals surface area (Å²) in [6.45, 7) is 8.04. The van der Waals surface area contributed by atoms with Crippen molar-refractivity contribution in [2.24, 2.45) is 23.5 Å². The summed E-state index contributed by atoms with van der Waals surface area (Å²) in [7, 11) is 3.25. The van der Waals surface area contributed by atoms with Crippen molar-refractivity contribution in [3.8, 4) is 5.75 Å². The molecule has 2 saturated carbocycles. The lowest BCUT2D eigenvalue weighted by Crippen LogP contribution is -2.63. The monoisotopic (exact) mass is 541 g/mol. The smallest absolute Gasteiger partial charge is 0.252 e. The summed E-state index contributed by atoms with van der Waals surface area (Å²) in [5, 5.41) is 48.3. The number of nitrogens with one attached hydrogen (secondary N) is 1. The fraction of sp³-hybridized carbons (Fsp3) is 0.517. The average molecular weight is 542 g/mol. The fourth-order valence-corrected chi connectivity index (χ4v) is 6.92. The predicted octanol–water partition coefficient (Wildman–Crippen LogP) is 2.37. The normalized spacial score (nSPS) is 28.9. The summed E-state index contributed by atoms with van der Waals surface area (Å²) < 4.78 is 15.9. The van der Waals surface area contributed by atoms with Crippen molar-refractivity contribution in [2.75, 3.05) is 14.1 Å². The molecule has 10 heteroatoms. The highest BCUT2D eigenvalue weighted by Gasteiger charge is 2.62. The molecule has 1 aromatic rings. The van der Waals surface area contributed by atoms with Crippen molar-refractivity contribution in [1.29, 1.82) is 0 Å². The number of phenolic OH excluding ortho intramolecular Hbond substituents is 1. The Kier molecular flexibility index (Phi) is 6.25. The maximum absolute atomic E-state index is 15.9. The van der Waals surface area contributed by atoms with Gasteiger partial charge in [-0.1, -0.05) is 6.58 Å². The first kappa shape index (κ1) is 27.4. The Morgan fingerprint density at radius 2 is 1.92 bits per heavy atom. The van der Waals surface area contributed by atoms with Crippen LogP contribution in [0.2, 0.25) is 0 Å². The number of phenols is 1. The molecule has 0 saturated heterocycles. The van der Waals surface area contributed by atoms with Crippen molar-refractivity contribution in [2.45, 2.75) is 63.3 Å². The third-order valence-electron chi connectivity index (χ3n) is 9.25. The number of Topliss-reactive ketones (excluding diaryl/α,β-unsaturated/α-hetero) is 1. The molecule has 4 aliphatic rings. The summed E-state index contributed by atoms with van der Waals surface area (Å²) >= 11 is 0. The minimum atomic E-state index is -2.35. The van der Waals surface area contributed by atoms with Gasteiger partial charge >= 0.3 is 0 Å². The van der Waals surface area contributed by atoms with Crippen molar-refractivity contribution >= 4 is 17.4 Å². The number of benzene rings is 1. The number of amides is 1. The van der Waals surface area contributed by atoms with Gasteiger partial charge in [0.05, 0.1) is 17.2 Å². The van der Waals surface area contributed by atoms with E-state index in [4.69, 9.17) is 5.73 Å². The number of halogens is 1. The van der Waals surface area contributed by atoms with Crippen LogP contribution in [0.5, 0.6) is 5.75 Å². The predicted molar refractivity (Wildman–Crippen MR) is 142 cm³/mol. The number of hydrogen-bond donors (Lipinski definition) is 6. The molecule has 39 heavy (non-hydrogen) atoms. The number of hydrogen-bond acceptors (Lipinski definition) is 8. The lowest BCUT2D eigenvalue weighted by atomic mass is 9.56. The van der Waals surface area contributed by atoms with Crippen molar-refractivity contribution in [1.82, 2.24) is 10.2 Å². The summed E-state index contributed by atoms with van der Waals surface area (Å²) in [6, 6.07) is 0.287. The van der Waals surface area contributed by atoms with Gasteiger partial charge in [0.15, 0.2) is 11.4 Å². The molecule has 1 aromatic carbocycles. The van der Waals surface area contributed by atoms with E-state index >= 15 is 4.39 Å². The van der Waals surface area contributed by atoms with Gasteiger partial charge in [-0.05, 0) is 71.5 Å². The third-order valence-corrected chi connectivity index (χ3v) is 9.25. The molecule has 1 amide bonds. The number of nitrogens with two attached hydrogens (primary N) is 1. The number of primary amides is 1. The average Bonchev–Trinajstić information content (AvgIpc) is 3.68. The molecule has 5 rings (SSSR count). The van der Waals surface area contributed by atoms with Gasteiger partial charge in [-0.3, -0.25) is 14.5 Å². The molecule has 7 N–H and O–H groups in total. The van der Waals surface area contributed by atoms with Gasteiger partial charge in [-0.25, -0.2) is 4.39 Å². The van der Waals surface area contributed by atoms with E-state index in [0.717, 1.165) is 12.8 Å². The van der Waals surface area contributed by atoms with Crippen LogP contribution in [0.4, 0.5) is 4.39 Å². The zero-order valence-electron chi connectivity index (χ0n) is 22.6. The van der Waals surface area contributed by atoms with E-state index in [9.17, 15) is 30.0 Å². The first-order valence-corrected chi connectivity index (χ1v) is 13.2. The van der Waals surface area contributed by atoms with Crippen LogP contribution in [0, 0.1) is 23.6 Å². The zero-order chi connectivity index (χ0) is 28.8. The Hall–Kier alpha value is -3.21. The topological polar surface area (TPSA) is 156 Å². The molecule has 0 heterocycles. The van der Waals surface area contributed by atoms with E-state index in [1.807, 2.05) is 0 Å². The molecule has 0 radical (unpaired) electrons. The highest BCUT2D eigenvalue weighted by molar-refractivity contribution is 6.13. The Bertz CT molecular complexity index is 1380. The standard InChI is InChI=1S/C29H36FN3O6/c1-12-19(27(31)38)25(36)23(33(4)5)17-9-13-8-16-21(24(35)20(13)26(37)29(12,17)39)18(34)10-14(22(16)30)11-32-28(2,3)15-6-7-15/h10,13,15,17,23,32,34-36,39H,1,6-9,11H2,2-5H3,(H2,31,38)/t13-,17?,23-,29-/m0/s1. The Labute approximate surface area is 226 Å². The van der Waals surface area contributed by atoms with Crippen LogP contribution < -0.4 is 11.1 Å². The van der Waals surface area contributed by atoms with Gasteiger partial charge < -0.3 is 31.5 Å². The Morgan fingerprint density at radius 1 is 1.28 bits per heavy atom. The molecule has 9 nitrogen and oxygen atoms in total. The number of ketones is 1. The second-order valence-corrected chi connectivity index (χ2v) is 12.2. The molecule has 4 atom stereocenters. The van der Waals surface area contributed by atoms with Crippen molar-refractivity contribution in [3.05, 3.63) is 57.6 Å². The molecule has 0 bridgehead atoms. The van der Waals surface area contributed by atoms with E-state index in [2.05, 4.69) is 25.7 Å². The molecular formula is C29H36FN3O6. The Morgan fingerprint density at radius 3 is 2.49 bits per heavy atom. The van der Waals surface area contributed by atoms with Crippen molar-refractivity contribution < 1.29 is 34.4 Å². The number of carbonyl (C=O) groups excluding carboxylic acids is 2. The second-order valence-electron chi connectivity index (χ2n) is 12.2. The number of rotatable bonds is 6. The number of likely N-dealkylation sites (N-methyl/N-ethyl adjacent to an activating group) is 1. The first-order chi connectivity index (χ1) is 18.1. The number of aromatic hydroxyl groups is 1. The molecule has 4 aliphatic carbocycles. The quantitative estimate of drug-likeness (QED) is 0.321. The van der Waals surface area contributed by atoms with Gasteiger partial charge in [-0.15, -0.1) is 0 Å². The number of carbonyl (C=O) groups is 2. The van der Waals surface area contributed by atoms with Gasteiger partial charge in [-0.2, -0.15) is 0 Å². The van der Waals surface area contributed by atoms with E-state index in [0.29, 0.717) is 5.92 Å². The summed E-state index contributed by atoms with van der Waals surface area (Å²) in [4.78, 5) is 27.7. The van der Waals surface area contributed by atoms with Crippen LogP contribution >= 0.6 is 0 Å². The molecule has 0 spiro atoms. The van der Waals surface area contributed by atoms with Crippen molar-refractivity contribution in [3.63, 3.8) is 0 Å². The zero-order valence-corrected chi connectivity index (χ0v) is 22.6. The minimum absolute atomic E-state index is 0.00786. The van der Waals surface area contributed by atoms with Gasteiger partial charge in [0.1, 0.15) is 23.1 Å². The van der Waals surface area contributed by atoms with E-state index < -0.39 is 58.1 Å². The number of fused-ring (bicyclic) bond motifs is 3. The van der Waals surface area contributed by atoms with E-state index in [1.165, 1.54) is 6.07 Å². The fourth-order valence-electron chi connectivity index (χ4n) is 6.92. The second kappa shape index (κ2) is 8.90. The highest BCUT2D eigenvalue weighted by Crippen LogP contribution is 2.54. The lowest BCUT2D eigenvalue weighted by Gasteiger charge is -2.52.